The summed E-state index contributed by atoms with van der Waals surface area (Å²) < 4.78 is 34.2. The van der Waals surface area contributed by atoms with Gasteiger partial charge in [-0.3, -0.25) is 4.72 Å². The molecule has 6 nitrogen and oxygen atoms in total. The normalized spacial score (nSPS) is 11.3. The maximum absolute atomic E-state index is 13.1. The van der Waals surface area contributed by atoms with Crippen molar-refractivity contribution in [2.24, 2.45) is 0 Å². The fraction of sp³-hybridized carbons (Fsp3) is 0.222. The monoisotopic (exact) mass is 387 g/mol. The number of aryl methyl sites for hydroxylation is 3. The van der Waals surface area contributed by atoms with E-state index in [2.05, 4.69) is 9.88 Å². The van der Waals surface area contributed by atoms with E-state index in [4.69, 9.17) is 9.78 Å². The Morgan fingerprint density at radius 1 is 1.19 bits per heavy atom. The van der Waals surface area contributed by atoms with E-state index in [0.717, 1.165) is 16.1 Å². The first-order valence-electron chi connectivity index (χ1n) is 7.81. The van der Waals surface area contributed by atoms with E-state index in [1.807, 2.05) is 26.8 Å². The van der Waals surface area contributed by atoms with Gasteiger partial charge in [0.05, 0.1) is 28.6 Å². The van der Waals surface area contributed by atoms with Gasteiger partial charge in [-0.05, 0) is 45.9 Å². The lowest BCUT2D eigenvalue weighted by Crippen LogP contribution is -2.14. The molecule has 0 bridgehead atoms. The van der Waals surface area contributed by atoms with E-state index in [-0.39, 0.29) is 4.90 Å². The second-order valence-corrected chi connectivity index (χ2v) is 8.99. The molecule has 0 saturated carbocycles. The van der Waals surface area contributed by atoms with Crippen LogP contribution in [-0.4, -0.2) is 13.6 Å². The molecule has 2 heterocycles. The van der Waals surface area contributed by atoms with E-state index in [1.54, 1.807) is 25.1 Å². The summed E-state index contributed by atoms with van der Waals surface area (Å²) in [6.45, 7) is 7.30. The number of thiophene rings is 1. The molecule has 0 aliphatic heterocycles. The average molecular weight is 387 g/mol. The van der Waals surface area contributed by atoms with Gasteiger partial charge in [-0.1, -0.05) is 11.2 Å². The number of hydrogen-bond donors (Lipinski definition) is 1. The molecular formula is C18H17N3O3S2. The number of benzene rings is 1. The zero-order valence-electron chi connectivity index (χ0n) is 14.7. The van der Waals surface area contributed by atoms with Gasteiger partial charge in [0.1, 0.15) is 4.90 Å². The number of nitrogens with one attached hydrogen (secondary N) is 1. The maximum Gasteiger partial charge on any atom is 0.263 e. The molecule has 0 amide bonds. The van der Waals surface area contributed by atoms with Crippen molar-refractivity contribution in [3.63, 3.8) is 0 Å². The molecule has 0 spiro atoms. The quantitative estimate of drug-likeness (QED) is 0.719. The lowest BCUT2D eigenvalue weighted by atomic mass is 10.1. The first-order chi connectivity index (χ1) is 12.2. The van der Waals surface area contributed by atoms with E-state index in [1.165, 1.54) is 17.4 Å². The van der Waals surface area contributed by atoms with Crippen LogP contribution in [0.25, 0.3) is 11.3 Å². The molecule has 0 radical (unpaired) electrons. The van der Waals surface area contributed by atoms with Gasteiger partial charge in [0.25, 0.3) is 10.0 Å². The third kappa shape index (κ3) is 3.11. The number of nitrogens with zero attached hydrogens (tertiary/aromatic N) is 2. The topological polar surface area (TPSA) is 96.0 Å². The largest absolute Gasteiger partial charge is 0.356 e. The fourth-order valence-electron chi connectivity index (χ4n) is 2.76. The Hall–Kier alpha value is -2.63. The summed E-state index contributed by atoms with van der Waals surface area (Å²) in [5.41, 5.74) is 2.79. The van der Waals surface area contributed by atoms with Crippen molar-refractivity contribution in [2.75, 3.05) is 4.72 Å². The molecule has 3 aromatic rings. The van der Waals surface area contributed by atoms with Crippen LogP contribution in [0.5, 0.6) is 0 Å². The molecule has 1 N–H and O–H groups in total. The molecule has 2 aromatic heterocycles. The van der Waals surface area contributed by atoms with Crippen LogP contribution >= 0.6 is 11.3 Å². The Kier molecular flexibility index (Phi) is 4.61. The smallest absolute Gasteiger partial charge is 0.263 e. The average Bonchev–Trinajstić information content (AvgIpc) is 3.06. The Morgan fingerprint density at radius 2 is 1.92 bits per heavy atom. The summed E-state index contributed by atoms with van der Waals surface area (Å²) in [5.74, 6) is 0.468. The highest BCUT2D eigenvalue weighted by Crippen LogP contribution is 2.41. The zero-order valence-corrected chi connectivity index (χ0v) is 16.4. The number of aromatic nitrogens is 1. The van der Waals surface area contributed by atoms with Crippen molar-refractivity contribution in [1.82, 2.24) is 5.16 Å². The molecule has 0 aliphatic carbocycles. The molecule has 26 heavy (non-hydrogen) atoms. The van der Waals surface area contributed by atoms with Gasteiger partial charge in [0.2, 0.25) is 0 Å². The highest BCUT2D eigenvalue weighted by molar-refractivity contribution is 7.93. The molecule has 3 rings (SSSR count). The predicted molar refractivity (Wildman–Crippen MR) is 101 cm³/mol. The number of sulfonamides is 1. The lowest BCUT2D eigenvalue weighted by Gasteiger charge is -2.10. The first kappa shape index (κ1) is 18.2. The Balaban J connectivity index is 2.14. The van der Waals surface area contributed by atoms with Crippen LogP contribution in [0, 0.1) is 39.0 Å². The standard InChI is InChI=1S/C18H17N3O3S2/c1-10-11(2)20-24-17(10)16-12(3)25-13(4)18(16)26(22,23)21-15-7-5-6-14(8-15)9-19/h5-8,21H,1-4H3. The Morgan fingerprint density at radius 3 is 2.54 bits per heavy atom. The maximum atomic E-state index is 13.1. The predicted octanol–water partition coefficient (Wildman–Crippen LogP) is 4.31. The minimum absolute atomic E-state index is 0.182. The molecular weight excluding hydrogens is 370 g/mol. The molecule has 0 saturated heterocycles. The highest BCUT2D eigenvalue weighted by atomic mass is 32.2. The van der Waals surface area contributed by atoms with E-state index in [9.17, 15) is 8.42 Å². The molecule has 0 unspecified atom stereocenters. The second kappa shape index (κ2) is 6.59. The van der Waals surface area contributed by atoms with E-state index in [0.29, 0.717) is 27.5 Å². The van der Waals surface area contributed by atoms with E-state index >= 15 is 0 Å². The first-order valence-corrected chi connectivity index (χ1v) is 10.1. The van der Waals surface area contributed by atoms with Crippen LogP contribution in [0.2, 0.25) is 0 Å². The molecule has 8 heteroatoms. The molecule has 1 aromatic carbocycles. The van der Waals surface area contributed by atoms with Gasteiger partial charge >= 0.3 is 0 Å². The molecule has 0 atom stereocenters. The molecule has 134 valence electrons. The molecule has 0 aliphatic rings. The summed E-state index contributed by atoms with van der Waals surface area (Å²) in [6, 6.07) is 8.35. The van der Waals surface area contributed by atoms with Crippen molar-refractivity contribution >= 4 is 27.0 Å². The third-order valence-corrected chi connectivity index (χ3v) is 6.80. The minimum atomic E-state index is -3.87. The second-order valence-electron chi connectivity index (χ2n) is 5.94. The SMILES string of the molecule is Cc1noc(-c2c(C)sc(C)c2S(=O)(=O)Nc2cccc(C#N)c2)c1C. The number of rotatable bonds is 4. The van der Waals surface area contributed by atoms with Gasteiger partial charge in [0, 0.05) is 15.3 Å². The number of hydrogen-bond acceptors (Lipinski definition) is 6. The van der Waals surface area contributed by atoms with Crippen molar-refractivity contribution < 1.29 is 12.9 Å². The van der Waals surface area contributed by atoms with Crippen molar-refractivity contribution in [3.8, 4) is 17.4 Å². The van der Waals surface area contributed by atoms with Crippen LogP contribution in [0.1, 0.15) is 26.6 Å². The van der Waals surface area contributed by atoms with Gasteiger partial charge in [-0.25, -0.2) is 8.42 Å². The number of nitriles is 1. The van der Waals surface area contributed by atoms with Crippen LogP contribution in [0.3, 0.4) is 0 Å². The van der Waals surface area contributed by atoms with E-state index < -0.39 is 10.0 Å². The van der Waals surface area contributed by atoms with Crippen LogP contribution < -0.4 is 4.72 Å². The lowest BCUT2D eigenvalue weighted by molar-refractivity contribution is 0.426. The van der Waals surface area contributed by atoms with Gasteiger partial charge < -0.3 is 4.52 Å². The summed E-state index contributed by atoms with van der Waals surface area (Å²) in [7, 11) is -3.87. The zero-order chi connectivity index (χ0) is 19.1. The summed E-state index contributed by atoms with van der Waals surface area (Å²) >= 11 is 1.39. The third-order valence-electron chi connectivity index (χ3n) is 4.10. The van der Waals surface area contributed by atoms with Crippen LogP contribution in [-0.2, 0) is 10.0 Å². The van der Waals surface area contributed by atoms with Crippen molar-refractivity contribution in [2.45, 2.75) is 32.6 Å². The Bertz CT molecular complexity index is 1140. The number of anilines is 1. The van der Waals surface area contributed by atoms with Crippen LogP contribution in [0.4, 0.5) is 5.69 Å². The van der Waals surface area contributed by atoms with Gasteiger partial charge in [0.15, 0.2) is 5.76 Å². The summed E-state index contributed by atoms with van der Waals surface area (Å²) in [4.78, 5) is 1.68. The van der Waals surface area contributed by atoms with Crippen LogP contribution in [0.15, 0.2) is 33.7 Å². The van der Waals surface area contributed by atoms with Crippen molar-refractivity contribution in [1.29, 1.82) is 5.26 Å². The minimum Gasteiger partial charge on any atom is -0.356 e. The van der Waals surface area contributed by atoms with Gasteiger partial charge in [-0.2, -0.15) is 5.26 Å². The Labute approximate surface area is 156 Å². The summed E-state index contributed by atoms with van der Waals surface area (Å²) in [6.07, 6.45) is 0. The molecule has 0 fully saturated rings. The highest BCUT2D eigenvalue weighted by Gasteiger charge is 2.29. The fourth-order valence-corrected chi connectivity index (χ4v) is 5.66. The van der Waals surface area contributed by atoms with Crippen molar-refractivity contribution in [3.05, 3.63) is 50.8 Å². The summed E-state index contributed by atoms with van der Waals surface area (Å²) in [5, 5.41) is 13.0. The van der Waals surface area contributed by atoms with Gasteiger partial charge in [-0.15, -0.1) is 11.3 Å².